The number of carbonyl (C=O) groups excluding carboxylic acids is 2. The summed E-state index contributed by atoms with van der Waals surface area (Å²) < 4.78 is 17.3. The van der Waals surface area contributed by atoms with Crippen LogP contribution < -0.4 is 15.7 Å². The van der Waals surface area contributed by atoms with Gasteiger partial charge in [-0.3, -0.25) is 9.36 Å². The number of hydrogen-bond acceptors (Lipinski definition) is 7. The molecule has 0 aliphatic carbocycles. The van der Waals surface area contributed by atoms with Gasteiger partial charge in [-0.2, -0.15) is 4.98 Å². The Bertz CT molecular complexity index is 1210. The number of H-pyrrole nitrogens is 1. The topological polar surface area (TPSA) is 125 Å². The van der Waals surface area contributed by atoms with Crippen molar-refractivity contribution in [1.29, 1.82) is 0 Å². The van der Waals surface area contributed by atoms with E-state index in [1.807, 2.05) is 51.1 Å². The molecule has 0 unspecified atom stereocenters. The van der Waals surface area contributed by atoms with E-state index in [1.54, 1.807) is 13.1 Å². The summed E-state index contributed by atoms with van der Waals surface area (Å²) in [4.78, 5) is 42.9. The number of hydrogen-bond donors (Lipinski definition) is 2. The predicted molar refractivity (Wildman–Crippen MR) is 127 cm³/mol. The number of nitrogens with zero attached hydrogens (tertiary/aromatic N) is 2. The van der Waals surface area contributed by atoms with E-state index in [1.165, 1.54) is 4.57 Å². The van der Waals surface area contributed by atoms with E-state index in [0.29, 0.717) is 36.4 Å². The first-order valence-electron chi connectivity index (χ1n) is 11.1. The zero-order valence-electron chi connectivity index (χ0n) is 19.8. The largest absolute Gasteiger partial charge is 0.493 e. The number of alkyl carbamates (subject to hydrolysis) is 1. The maximum atomic E-state index is 12.3. The van der Waals surface area contributed by atoms with Crippen LogP contribution in [0.25, 0.3) is 22.3 Å². The molecule has 0 radical (unpaired) electrons. The van der Waals surface area contributed by atoms with Crippen molar-refractivity contribution in [3.63, 3.8) is 0 Å². The van der Waals surface area contributed by atoms with Crippen LogP contribution >= 0.6 is 0 Å². The lowest BCUT2D eigenvalue weighted by Crippen LogP contribution is -2.33. The molecule has 2 N–H and O–H groups in total. The fourth-order valence-corrected chi connectivity index (χ4v) is 3.21. The molecule has 0 saturated carbocycles. The van der Waals surface area contributed by atoms with Gasteiger partial charge in [-0.25, -0.2) is 9.59 Å². The summed E-state index contributed by atoms with van der Waals surface area (Å²) in [5.74, 6) is 0.148. The number of carbonyl (C=O) groups is 2. The Hall–Kier alpha value is -3.82. The monoisotopic (exact) mass is 470 g/mol. The molecule has 0 aliphatic rings. The normalized spacial score (nSPS) is 11.3. The van der Waals surface area contributed by atoms with Crippen LogP contribution in [0.3, 0.4) is 0 Å². The van der Waals surface area contributed by atoms with E-state index in [-0.39, 0.29) is 13.2 Å². The van der Waals surface area contributed by atoms with Gasteiger partial charge in [0.05, 0.1) is 18.9 Å². The highest BCUT2D eigenvalue weighted by atomic mass is 16.6. The Kier molecular flexibility index (Phi) is 7.93. The van der Waals surface area contributed by atoms with Crippen molar-refractivity contribution >= 4 is 23.1 Å². The van der Waals surface area contributed by atoms with Crippen molar-refractivity contribution < 1.29 is 23.8 Å². The zero-order valence-corrected chi connectivity index (χ0v) is 19.8. The molecule has 1 aromatic carbocycles. The Morgan fingerprint density at radius 3 is 2.71 bits per heavy atom. The quantitative estimate of drug-likeness (QED) is 0.363. The van der Waals surface area contributed by atoms with Crippen LogP contribution in [0.1, 0.15) is 34.1 Å². The number of aromatic amines is 1. The maximum absolute atomic E-state index is 12.3. The molecule has 10 nitrogen and oxygen atoms in total. The number of fused-ring (bicyclic) bond motifs is 1. The summed E-state index contributed by atoms with van der Waals surface area (Å²) in [6.45, 7) is 7.98. The molecular weight excluding hydrogens is 440 g/mol. The highest BCUT2D eigenvalue weighted by molar-refractivity contribution is 5.84. The molecule has 0 spiro atoms. The first-order valence-corrected chi connectivity index (χ1v) is 11.1. The van der Waals surface area contributed by atoms with Gasteiger partial charge in [0.15, 0.2) is 0 Å². The average Bonchev–Trinajstić information content (AvgIpc) is 3.15. The third-order valence-corrected chi connectivity index (χ3v) is 4.60. The number of benzene rings is 1. The molecule has 2 aromatic heterocycles. The molecule has 0 saturated heterocycles. The minimum atomic E-state index is -0.545. The van der Waals surface area contributed by atoms with Crippen LogP contribution in [0.4, 0.5) is 4.79 Å². The van der Waals surface area contributed by atoms with Crippen LogP contribution in [0, 0.1) is 0 Å². The summed E-state index contributed by atoms with van der Waals surface area (Å²) in [6.07, 6.45) is 1.71. The van der Waals surface area contributed by atoms with Crippen molar-refractivity contribution in [3.05, 3.63) is 47.0 Å². The van der Waals surface area contributed by atoms with E-state index in [4.69, 9.17) is 14.2 Å². The fourth-order valence-electron chi connectivity index (χ4n) is 3.21. The van der Waals surface area contributed by atoms with Crippen molar-refractivity contribution in [2.45, 2.75) is 46.3 Å². The Balaban J connectivity index is 1.67. The van der Waals surface area contributed by atoms with Crippen LogP contribution in [0.5, 0.6) is 5.75 Å². The van der Waals surface area contributed by atoms with Crippen LogP contribution in [-0.2, 0) is 20.8 Å². The molecular formula is C24H30N4O6. The third-order valence-electron chi connectivity index (χ3n) is 4.60. The Morgan fingerprint density at radius 2 is 1.97 bits per heavy atom. The Morgan fingerprint density at radius 1 is 1.21 bits per heavy atom. The number of rotatable bonds is 9. The van der Waals surface area contributed by atoms with Gasteiger partial charge in [0, 0.05) is 23.7 Å². The summed E-state index contributed by atoms with van der Waals surface area (Å²) in [5.41, 5.74) is 0.842. The van der Waals surface area contributed by atoms with Crippen LogP contribution in [0.15, 0.2) is 41.3 Å². The van der Waals surface area contributed by atoms with Gasteiger partial charge in [-0.05, 0) is 52.3 Å². The maximum Gasteiger partial charge on any atom is 0.407 e. The second-order valence-corrected chi connectivity index (χ2v) is 8.57. The van der Waals surface area contributed by atoms with Crippen molar-refractivity contribution in [2.24, 2.45) is 0 Å². The number of ether oxygens (including phenoxy) is 3. The van der Waals surface area contributed by atoms with Crippen LogP contribution in [0.2, 0.25) is 0 Å². The van der Waals surface area contributed by atoms with Gasteiger partial charge in [-0.15, -0.1) is 0 Å². The molecule has 3 rings (SSSR count). The molecule has 0 bridgehead atoms. The molecule has 0 atom stereocenters. The number of nitrogens with one attached hydrogen (secondary N) is 2. The smallest absolute Gasteiger partial charge is 0.407 e. The predicted octanol–water partition coefficient (Wildman–Crippen LogP) is 3.25. The van der Waals surface area contributed by atoms with Crippen molar-refractivity contribution in [2.75, 3.05) is 19.8 Å². The van der Waals surface area contributed by atoms with E-state index < -0.39 is 23.4 Å². The van der Waals surface area contributed by atoms with E-state index >= 15 is 0 Å². The lowest BCUT2D eigenvalue weighted by molar-refractivity contribution is -0.143. The van der Waals surface area contributed by atoms with E-state index in [2.05, 4.69) is 15.3 Å². The summed E-state index contributed by atoms with van der Waals surface area (Å²) in [5, 5.41) is 3.38. The van der Waals surface area contributed by atoms with Gasteiger partial charge >= 0.3 is 17.8 Å². The minimum absolute atomic E-state index is 0.201. The summed E-state index contributed by atoms with van der Waals surface area (Å²) in [7, 11) is 0. The SMILES string of the molecule is CCOC(=O)Cn1cc2cc(-c3ccccc3OCCCNC(=O)OC(C)(C)C)[nH]c2nc1=O. The first kappa shape index (κ1) is 24.8. The standard InChI is InChI=1S/C24H30N4O6/c1-5-32-20(29)15-28-14-16-13-18(26-21(16)27-22(28)30)17-9-6-7-10-19(17)33-12-8-11-25-23(31)34-24(2,3)4/h6-7,9-10,13-14H,5,8,11-12,15H2,1-4H3,(H,25,31)(H,26,27,30). The second kappa shape index (κ2) is 10.9. The number of para-hydroxylation sites is 1. The minimum Gasteiger partial charge on any atom is -0.493 e. The molecule has 2 heterocycles. The lowest BCUT2D eigenvalue weighted by Gasteiger charge is -2.19. The zero-order chi connectivity index (χ0) is 24.7. The molecule has 0 aliphatic heterocycles. The van der Waals surface area contributed by atoms with Gasteiger partial charge in [-0.1, -0.05) is 12.1 Å². The fraction of sp³-hybridized carbons (Fsp3) is 0.417. The second-order valence-electron chi connectivity index (χ2n) is 8.57. The van der Waals surface area contributed by atoms with Gasteiger partial charge in [0.1, 0.15) is 23.5 Å². The Labute approximate surface area is 197 Å². The third kappa shape index (κ3) is 6.84. The molecule has 3 aromatic rings. The number of esters is 1. The van der Waals surface area contributed by atoms with Gasteiger partial charge in [0.2, 0.25) is 0 Å². The average molecular weight is 471 g/mol. The number of amides is 1. The summed E-state index contributed by atoms with van der Waals surface area (Å²) >= 11 is 0. The van der Waals surface area contributed by atoms with Crippen LogP contribution in [-0.4, -0.2) is 52.0 Å². The van der Waals surface area contributed by atoms with Gasteiger partial charge < -0.3 is 24.5 Å². The van der Waals surface area contributed by atoms with Gasteiger partial charge in [0.25, 0.3) is 0 Å². The lowest BCUT2D eigenvalue weighted by atomic mass is 10.1. The highest BCUT2D eigenvalue weighted by Crippen LogP contribution is 2.31. The van der Waals surface area contributed by atoms with E-state index in [9.17, 15) is 14.4 Å². The first-order chi connectivity index (χ1) is 16.2. The van der Waals surface area contributed by atoms with E-state index in [0.717, 1.165) is 11.3 Å². The highest BCUT2D eigenvalue weighted by Gasteiger charge is 2.16. The molecule has 0 fully saturated rings. The van der Waals surface area contributed by atoms with Crippen molar-refractivity contribution in [1.82, 2.24) is 19.9 Å². The molecule has 182 valence electrons. The molecule has 10 heteroatoms. The molecule has 1 amide bonds. The van der Waals surface area contributed by atoms with Crippen molar-refractivity contribution in [3.8, 4) is 17.0 Å². The molecule has 34 heavy (non-hydrogen) atoms. The number of aromatic nitrogens is 3. The summed E-state index contributed by atoms with van der Waals surface area (Å²) in [6, 6.07) is 9.32.